The second-order valence-electron chi connectivity index (χ2n) is 4.48. The number of hydrogen-bond acceptors (Lipinski definition) is 3. The maximum atomic E-state index is 11.9. The van der Waals surface area contributed by atoms with Crippen LogP contribution in [0.1, 0.15) is 25.7 Å². The van der Waals surface area contributed by atoms with Crippen molar-refractivity contribution in [2.75, 3.05) is 26.4 Å². The predicted octanol–water partition coefficient (Wildman–Crippen LogP) is 0.332. The lowest BCUT2D eigenvalue weighted by Crippen LogP contribution is -2.48. The Balaban J connectivity index is 1.79. The lowest BCUT2D eigenvalue weighted by atomic mass is 10.1. The molecule has 1 heterocycles. The fraction of sp³-hybridized carbons (Fsp3) is 0.909. The Kier molecular flexibility index (Phi) is 4.01. The van der Waals surface area contributed by atoms with E-state index >= 15 is 0 Å². The fourth-order valence-corrected chi connectivity index (χ4v) is 2.04. The third kappa shape index (κ3) is 3.09. The summed E-state index contributed by atoms with van der Waals surface area (Å²) in [5, 5.41) is 11.9. The third-order valence-corrected chi connectivity index (χ3v) is 3.14. The maximum absolute atomic E-state index is 11.9. The molecule has 2 fully saturated rings. The van der Waals surface area contributed by atoms with Gasteiger partial charge in [-0.3, -0.25) is 0 Å². The minimum Gasteiger partial charge on any atom is -0.395 e. The molecular weight excluding hydrogens is 208 g/mol. The summed E-state index contributed by atoms with van der Waals surface area (Å²) in [7, 11) is 0. The summed E-state index contributed by atoms with van der Waals surface area (Å²) in [5.74, 6) is 0. The molecule has 0 radical (unpaired) electrons. The lowest BCUT2D eigenvalue weighted by Gasteiger charge is -2.28. The van der Waals surface area contributed by atoms with E-state index in [0.29, 0.717) is 12.6 Å². The van der Waals surface area contributed by atoms with Gasteiger partial charge in [-0.2, -0.15) is 0 Å². The smallest absolute Gasteiger partial charge is 0.317 e. The molecule has 0 bridgehead atoms. The van der Waals surface area contributed by atoms with Gasteiger partial charge in [-0.15, -0.1) is 0 Å². The predicted molar refractivity (Wildman–Crippen MR) is 59.2 cm³/mol. The Morgan fingerprint density at radius 1 is 1.31 bits per heavy atom. The number of carbonyl (C=O) groups is 1. The SMILES string of the molecule is O=C(NC1CCOCC1)N(CCO)C1CC1. The number of rotatable bonds is 4. The molecule has 0 aromatic heterocycles. The molecule has 0 spiro atoms. The zero-order valence-electron chi connectivity index (χ0n) is 9.52. The standard InChI is InChI=1S/C11H20N2O3/c14-6-5-13(10-1-2-10)11(15)12-9-3-7-16-8-4-9/h9-10,14H,1-8H2,(H,12,15). The minimum absolute atomic E-state index is 0.0246. The Morgan fingerprint density at radius 2 is 2.00 bits per heavy atom. The fourth-order valence-electron chi connectivity index (χ4n) is 2.04. The van der Waals surface area contributed by atoms with Crippen molar-refractivity contribution in [1.29, 1.82) is 0 Å². The van der Waals surface area contributed by atoms with Gasteiger partial charge in [0.05, 0.1) is 6.61 Å². The molecule has 0 unspecified atom stereocenters. The van der Waals surface area contributed by atoms with Crippen molar-refractivity contribution in [2.24, 2.45) is 0 Å². The van der Waals surface area contributed by atoms with E-state index in [1.165, 1.54) is 0 Å². The van der Waals surface area contributed by atoms with E-state index in [0.717, 1.165) is 38.9 Å². The number of amides is 2. The van der Waals surface area contributed by atoms with Crippen LogP contribution in [0.5, 0.6) is 0 Å². The van der Waals surface area contributed by atoms with Gasteiger partial charge >= 0.3 is 6.03 Å². The molecule has 0 aromatic carbocycles. The molecule has 1 saturated heterocycles. The molecule has 92 valence electrons. The van der Waals surface area contributed by atoms with Gasteiger partial charge < -0.3 is 20.1 Å². The largest absolute Gasteiger partial charge is 0.395 e. The Bertz CT molecular complexity index is 237. The first kappa shape index (κ1) is 11.7. The second kappa shape index (κ2) is 5.50. The molecule has 1 saturated carbocycles. The van der Waals surface area contributed by atoms with E-state index in [1.54, 1.807) is 4.90 Å². The van der Waals surface area contributed by atoms with Gasteiger partial charge in [-0.25, -0.2) is 4.79 Å². The zero-order chi connectivity index (χ0) is 11.4. The Labute approximate surface area is 95.8 Å². The van der Waals surface area contributed by atoms with Crippen LogP contribution in [-0.4, -0.2) is 54.5 Å². The van der Waals surface area contributed by atoms with Crippen LogP contribution in [0.4, 0.5) is 4.79 Å². The minimum atomic E-state index is -0.0246. The maximum Gasteiger partial charge on any atom is 0.317 e. The monoisotopic (exact) mass is 228 g/mol. The van der Waals surface area contributed by atoms with Crippen molar-refractivity contribution < 1.29 is 14.6 Å². The van der Waals surface area contributed by atoms with Crippen LogP contribution in [0.3, 0.4) is 0 Å². The highest BCUT2D eigenvalue weighted by molar-refractivity contribution is 5.75. The highest BCUT2D eigenvalue weighted by Gasteiger charge is 2.33. The molecule has 16 heavy (non-hydrogen) atoms. The molecule has 5 heteroatoms. The van der Waals surface area contributed by atoms with E-state index < -0.39 is 0 Å². The van der Waals surface area contributed by atoms with Crippen molar-refractivity contribution in [3.8, 4) is 0 Å². The van der Waals surface area contributed by atoms with Gasteiger partial charge in [0.1, 0.15) is 0 Å². The third-order valence-electron chi connectivity index (χ3n) is 3.14. The molecule has 5 nitrogen and oxygen atoms in total. The van der Waals surface area contributed by atoms with Crippen molar-refractivity contribution in [3.05, 3.63) is 0 Å². The van der Waals surface area contributed by atoms with E-state index in [2.05, 4.69) is 5.32 Å². The second-order valence-corrected chi connectivity index (χ2v) is 4.48. The van der Waals surface area contributed by atoms with E-state index in [9.17, 15) is 4.79 Å². The first-order chi connectivity index (χ1) is 7.81. The quantitative estimate of drug-likeness (QED) is 0.729. The zero-order valence-corrected chi connectivity index (χ0v) is 9.52. The normalized spacial score (nSPS) is 21.8. The number of aliphatic hydroxyl groups is 1. The molecule has 2 N–H and O–H groups in total. The van der Waals surface area contributed by atoms with Gasteiger partial charge in [0.2, 0.25) is 0 Å². The number of carbonyl (C=O) groups excluding carboxylic acids is 1. The number of urea groups is 1. The molecule has 2 amide bonds. The van der Waals surface area contributed by atoms with Crippen LogP contribution in [-0.2, 0) is 4.74 Å². The van der Waals surface area contributed by atoms with Crippen LogP contribution < -0.4 is 5.32 Å². The molecule has 0 aromatic rings. The number of nitrogens with one attached hydrogen (secondary N) is 1. The van der Waals surface area contributed by atoms with Crippen LogP contribution in [0.15, 0.2) is 0 Å². The first-order valence-electron chi connectivity index (χ1n) is 6.07. The van der Waals surface area contributed by atoms with Gasteiger partial charge in [-0.1, -0.05) is 0 Å². The van der Waals surface area contributed by atoms with Crippen molar-refractivity contribution in [3.63, 3.8) is 0 Å². The molecule has 2 aliphatic rings. The van der Waals surface area contributed by atoms with Gasteiger partial charge in [0.15, 0.2) is 0 Å². The summed E-state index contributed by atoms with van der Waals surface area (Å²) < 4.78 is 5.24. The number of aliphatic hydroxyl groups excluding tert-OH is 1. The highest BCUT2D eigenvalue weighted by atomic mass is 16.5. The number of hydrogen-bond donors (Lipinski definition) is 2. The van der Waals surface area contributed by atoms with Crippen molar-refractivity contribution in [1.82, 2.24) is 10.2 Å². The van der Waals surface area contributed by atoms with E-state index in [-0.39, 0.29) is 18.7 Å². The first-order valence-corrected chi connectivity index (χ1v) is 6.07. The van der Waals surface area contributed by atoms with Crippen LogP contribution >= 0.6 is 0 Å². The van der Waals surface area contributed by atoms with E-state index in [4.69, 9.17) is 9.84 Å². The van der Waals surface area contributed by atoms with Crippen molar-refractivity contribution in [2.45, 2.75) is 37.8 Å². The number of ether oxygens (including phenoxy) is 1. The molecule has 1 aliphatic carbocycles. The summed E-state index contributed by atoms with van der Waals surface area (Å²) in [5.41, 5.74) is 0. The Hall–Kier alpha value is -0.810. The van der Waals surface area contributed by atoms with Crippen LogP contribution in [0.2, 0.25) is 0 Å². The lowest BCUT2D eigenvalue weighted by molar-refractivity contribution is 0.0774. The summed E-state index contributed by atoms with van der Waals surface area (Å²) in [6.45, 7) is 1.94. The summed E-state index contributed by atoms with van der Waals surface area (Å²) >= 11 is 0. The summed E-state index contributed by atoms with van der Waals surface area (Å²) in [4.78, 5) is 13.7. The molecule has 1 aliphatic heterocycles. The topological polar surface area (TPSA) is 61.8 Å². The average Bonchev–Trinajstić information content (AvgIpc) is 3.11. The van der Waals surface area contributed by atoms with Gasteiger partial charge in [0.25, 0.3) is 0 Å². The van der Waals surface area contributed by atoms with Crippen molar-refractivity contribution >= 4 is 6.03 Å². The number of nitrogens with zero attached hydrogens (tertiary/aromatic N) is 1. The summed E-state index contributed by atoms with van der Waals surface area (Å²) in [6.07, 6.45) is 3.93. The molecule has 2 rings (SSSR count). The molecular formula is C11H20N2O3. The van der Waals surface area contributed by atoms with Crippen LogP contribution in [0, 0.1) is 0 Å². The van der Waals surface area contributed by atoms with Gasteiger partial charge in [0, 0.05) is 31.8 Å². The van der Waals surface area contributed by atoms with Gasteiger partial charge in [-0.05, 0) is 25.7 Å². The highest BCUT2D eigenvalue weighted by Crippen LogP contribution is 2.26. The summed E-state index contributed by atoms with van der Waals surface area (Å²) in [6, 6.07) is 0.566. The van der Waals surface area contributed by atoms with Crippen LogP contribution in [0.25, 0.3) is 0 Å². The average molecular weight is 228 g/mol. The molecule has 0 atom stereocenters. The Morgan fingerprint density at radius 3 is 2.56 bits per heavy atom. The van der Waals surface area contributed by atoms with E-state index in [1.807, 2.05) is 0 Å².